The summed E-state index contributed by atoms with van der Waals surface area (Å²) in [5, 5.41) is 0.882. The van der Waals surface area contributed by atoms with Crippen molar-refractivity contribution in [3.05, 3.63) is 45.4 Å². The molecule has 0 saturated carbocycles. The Hall–Kier alpha value is -1.03. The topological polar surface area (TPSA) is 22.1 Å². The van der Waals surface area contributed by atoms with Crippen LogP contribution in [0.15, 0.2) is 24.4 Å². The van der Waals surface area contributed by atoms with Crippen molar-refractivity contribution in [2.45, 2.75) is 0 Å². The summed E-state index contributed by atoms with van der Waals surface area (Å²) in [5.41, 5.74) is 0.507. The van der Waals surface area contributed by atoms with Gasteiger partial charge >= 0.3 is 0 Å². The molecule has 2 nitrogen and oxygen atoms in total. The molecule has 0 unspecified atom stereocenters. The van der Waals surface area contributed by atoms with Crippen LogP contribution in [0.5, 0.6) is 5.75 Å². The lowest BCUT2D eigenvalue weighted by molar-refractivity contribution is 0.410. The van der Waals surface area contributed by atoms with Gasteiger partial charge in [-0.1, -0.05) is 34.8 Å². The Morgan fingerprint density at radius 1 is 1.11 bits per heavy atom. The van der Waals surface area contributed by atoms with Gasteiger partial charge in [0.15, 0.2) is 0 Å². The third-order valence-electron chi connectivity index (χ3n) is 2.33. The standard InChI is InChI=1S/C12H7Cl3FNO/c1-18-7-4-8(12(16)17-5-7)11-9(14)2-6(13)3-10(11)15/h2-5H,1H3. The van der Waals surface area contributed by atoms with Crippen LogP contribution in [0, 0.1) is 5.95 Å². The zero-order valence-corrected chi connectivity index (χ0v) is 11.4. The molecule has 0 bridgehead atoms. The second kappa shape index (κ2) is 5.31. The average molecular weight is 307 g/mol. The first kappa shape index (κ1) is 13.4. The largest absolute Gasteiger partial charge is 0.495 e. The molecular weight excluding hydrogens is 299 g/mol. The number of halogens is 4. The molecule has 1 aromatic carbocycles. The molecular formula is C12H7Cl3FNO. The maximum atomic E-state index is 13.7. The zero-order chi connectivity index (χ0) is 13.3. The maximum Gasteiger partial charge on any atom is 0.221 e. The van der Waals surface area contributed by atoms with Gasteiger partial charge in [0, 0.05) is 16.1 Å². The molecule has 0 spiro atoms. The van der Waals surface area contributed by atoms with Gasteiger partial charge in [0.1, 0.15) is 5.75 Å². The maximum absolute atomic E-state index is 13.7. The molecule has 1 aromatic heterocycles. The quantitative estimate of drug-likeness (QED) is 0.739. The van der Waals surface area contributed by atoms with Gasteiger partial charge in [0.25, 0.3) is 0 Å². The Labute approximate surface area is 118 Å². The minimum absolute atomic E-state index is 0.168. The number of pyridine rings is 1. The number of methoxy groups -OCH3 is 1. The van der Waals surface area contributed by atoms with Crippen molar-refractivity contribution in [3.63, 3.8) is 0 Å². The Bertz CT molecular complexity index is 581. The van der Waals surface area contributed by atoms with Crippen molar-refractivity contribution >= 4 is 34.8 Å². The highest BCUT2D eigenvalue weighted by Crippen LogP contribution is 2.38. The molecule has 18 heavy (non-hydrogen) atoms. The molecule has 1 heterocycles. The molecule has 0 N–H and O–H groups in total. The molecule has 0 aliphatic rings. The van der Waals surface area contributed by atoms with Crippen molar-refractivity contribution in [3.8, 4) is 16.9 Å². The van der Waals surface area contributed by atoms with E-state index in [2.05, 4.69) is 4.98 Å². The van der Waals surface area contributed by atoms with E-state index in [1.807, 2.05) is 0 Å². The van der Waals surface area contributed by atoms with Gasteiger partial charge in [-0.05, 0) is 18.2 Å². The number of hydrogen-bond acceptors (Lipinski definition) is 2. The predicted molar refractivity (Wildman–Crippen MR) is 71.2 cm³/mol. The first-order valence-electron chi connectivity index (χ1n) is 4.87. The van der Waals surface area contributed by atoms with E-state index in [9.17, 15) is 4.39 Å². The molecule has 0 atom stereocenters. The number of ether oxygens (including phenoxy) is 1. The van der Waals surface area contributed by atoms with E-state index in [1.54, 1.807) is 0 Å². The van der Waals surface area contributed by atoms with Crippen molar-refractivity contribution in [1.29, 1.82) is 0 Å². The highest BCUT2D eigenvalue weighted by molar-refractivity contribution is 6.41. The smallest absolute Gasteiger partial charge is 0.221 e. The van der Waals surface area contributed by atoms with Crippen LogP contribution < -0.4 is 4.74 Å². The highest BCUT2D eigenvalue weighted by Gasteiger charge is 2.16. The van der Waals surface area contributed by atoms with Crippen LogP contribution in [-0.2, 0) is 0 Å². The van der Waals surface area contributed by atoms with E-state index in [1.165, 1.54) is 31.5 Å². The Morgan fingerprint density at radius 3 is 2.28 bits per heavy atom. The van der Waals surface area contributed by atoms with Crippen molar-refractivity contribution in [1.82, 2.24) is 4.98 Å². The summed E-state index contributed by atoms with van der Waals surface area (Å²) >= 11 is 17.9. The molecule has 2 rings (SSSR count). The second-order valence-electron chi connectivity index (χ2n) is 3.46. The molecule has 0 aliphatic heterocycles. The van der Waals surface area contributed by atoms with Gasteiger partial charge in [0.05, 0.1) is 23.4 Å². The zero-order valence-electron chi connectivity index (χ0n) is 9.18. The number of nitrogens with zero attached hydrogens (tertiary/aromatic N) is 1. The van der Waals surface area contributed by atoms with Gasteiger partial charge in [-0.25, -0.2) is 4.98 Å². The normalized spacial score (nSPS) is 10.5. The molecule has 0 fully saturated rings. The van der Waals surface area contributed by atoms with Gasteiger partial charge in [-0.15, -0.1) is 0 Å². The molecule has 0 amide bonds. The first-order chi connectivity index (χ1) is 8.52. The fourth-order valence-corrected chi connectivity index (χ4v) is 2.54. The monoisotopic (exact) mass is 305 g/mol. The summed E-state index contributed by atoms with van der Waals surface area (Å²) in [6.45, 7) is 0. The van der Waals surface area contributed by atoms with Crippen LogP contribution in [0.2, 0.25) is 15.1 Å². The fourth-order valence-electron chi connectivity index (χ4n) is 1.52. The van der Waals surface area contributed by atoms with Crippen molar-refractivity contribution in [2.24, 2.45) is 0 Å². The fraction of sp³-hybridized carbons (Fsp3) is 0.0833. The number of benzene rings is 1. The lowest BCUT2D eigenvalue weighted by atomic mass is 10.1. The van der Waals surface area contributed by atoms with Crippen molar-refractivity contribution < 1.29 is 9.13 Å². The summed E-state index contributed by atoms with van der Waals surface area (Å²) in [7, 11) is 1.46. The average Bonchev–Trinajstić information content (AvgIpc) is 2.30. The number of rotatable bonds is 2. The SMILES string of the molecule is COc1cnc(F)c(-c2c(Cl)cc(Cl)cc2Cl)c1. The Kier molecular flexibility index (Phi) is 3.95. The summed E-state index contributed by atoms with van der Waals surface area (Å²) in [5.74, 6) is -0.268. The minimum Gasteiger partial charge on any atom is -0.495 e. The second-order valence-corrected chi connectivity index (χ2v) is 4.71. The van der Waals surface area contributed by atoms with E-state index >= 15 is 0 Å². The van der Waals surface area contributed by atoms with Crippen LogP contribution in [0.1, 0.15) is 0 Å². The predicted octanol–water partition coefficient (Wildman–Crippen LogP) is 4.86. The lowest BCUT2D eigenvalue weighted by Gasteiger charge is -2.10. The van der Waals surface area contributed by atoms with E-state index < -0.39 is 5.95 Å². The third kappa shape index (κ3) is 2.53. The van der Waals surface area contributed by atoms with Gasteiger partial charge in [0.2, 0.25) is 5.95 Å². The summed E-state index contributed by atoms with van der Waals surface area (Å²) in [6, 6.07) is 4.45. The van der Waals surface area contributed by atoms with Crippen molar-refractivity contribution in [2.75, 3.05) is 7.11 Å². The Morgan fingerprint density at radius 2 is 1.72 bits per heavy atom. The van der Waals surface area contributed by atoms with Crippen LogP contribution in [0.4, 0.5) is 4.39 Å². The number of hydrogen-bond donors (Lipinski definition) is 0. The summed E-state index contributed by atoms with van der Waals surface area (Å²) < 4.78 is 18.7. The van der Waals surface area contributed by atoms with E-state index in [4.69, 9.17) is 39.5 Å². The van der Waals surface area contributed by atoms with Crippen LogP contribution in [-0.4, -0.2) is 12.1 Å². The Balaban J connectivity index is 2.68. The highest BCUT2D eigenvalue weighted by atomic mass is 35.5. The molecule has 2 aromatic rings. The van der Waals surface area contributed by atoms with Crippen LogP contribution >= 0.6 is 34.8 Å². The van der Waals surface area contributed by atoms with Gasteiger partial charge < -0.3 is 4.74 Å². The molecule has 0 radical (unpaired) electrons. The van der Waals surface area contributed by atoms with E-state index in [0.717, 1.165) is 0 Å². The minimum atomic E-state index is -0.679. The molecule has 0 saturated heterocycles. The van der Waals surface area contributed by atoms with Crippen LogP contribution in [0.25, 0.3) is 11.1 Å². The van der Waals surface area contributed by atoms with Gasteiger partial charge in [-0.3, -0.25) is 0 Å². The number of aromatic nitrogens is 1. The molecule has 0 aliphatic carbocycles. The molecule has 6 heteroatoms. The first-order valence-corrected chi connectivity index (χ1v) is 6.00. The van der Waals surface area contributed by atoms with Gasteiger partial charge in [-0.2, -0.15) is 4.39 Å². The molecule has 94 valence electrons. The van der Waals surface area contributed by atoms with E-state index in [0.29, 0.717) is 16.3 Å². The summed E-state index contributed by atoms with van der Waals surface area (Å²) in [6.07, 6.45) is 1.27. The van der Waals surface area contributed by atoms with E-state index in [-0.39, 0.29) is 15.6 Å². The summed E-state index contributed by atoms with van der Waals surface area (Å²) in [4.78, 5) is 3.59. The third-order valence-corrected chi connectivity index (χ3v) is 3.14. The van der Waals surface area contributed by atoms with Crippen LogP contribution in [0.3, 0.4) is 0 Å². The lowest BCUT2D eigenvalue weighted by Crippen LogP contribution is -1.93.